The lowest BCUT2D eigenvalue weighted by Gasteiger charge is -2.34. The molecule has 1 aromatic heterocycles. The number of fused-ring (bicyclic) bond motifs is 1. The molecule has 1 atom stereocenters. The smallest absolute Gasteiger partial charge is 0.227 e. The molecule has 5 nitrogen and oxygen atoms in total. The second-order valence-corrected chi connectivity index (χ2v) is 6.49. The van der Waals surface area contributed by atoms with Crippen LogP contribution in [0.25, 0.3) is 10.8 Å². The number of nitrogens with zero attached hydrogens (tertiary/aromatic N) is 2. The summed E-state index contributed by atoms with van der Waals surface area (Å²) in [5, 5.41) is 2.35. The first kappa shape index (κ1) is 15.8. The summed E-state index contributed by atoms with van der Waals surface area (Å²) < 4.78 is 5.58. The second kappa shape index (κ2) is 6.69. The third-order valence-electron chi connectivity index (χ3n) is 4.66. The molecular formula is C20H21N3O2. The van der Waals surface area contributed by atoms with E-state index >= 15 is 0 Å². The van der Waals surface area contributed by atoms with E-state index < -0.39 is 0 Å². The Bertz CT molecular complexity index is 903. The van der Waals surface area contributed by atoms with E-state index in [2.05, 4.69) is 34.2 Å². The minimum absolute atomic E-state index is 0.109. The number of rotatable bonds is 3. The third-order valence-corrected chi connectivity index (χ3v) is 4.66. The molecule has 0 radical (unpaired) electrons. The van der Waals surface area contributed by atoms with Crippen molar-refractivity contribution in [1.29, 1.82) is 0 Å². The normalized spacial score (nSPS) is 17.8. The Morgan fingerprint density at radius 1 is 1.28 bits per heavy atom. The van der Waals surface area contributed by atoms with Gasteiger partial charge in [-0.3, -0.25) is 4.79 Å². The standard InChI is InChI=1S/C20H21N3O2/c1-14-12-21-20(22-14)18-13-25-9-8-23(18)19(24)11-15-6-7-16-4-2-3-5-17(16)10-15/h2-7,10,12,18H,8-9,11,13H2,1H3,(H,21,22). The SMILES string of the molecule is Cc1cnc(C2COCCN2C(=O)Cc2ccc3ccccc3c2)[nH]1. The molecule has 0 spiro atoms. The molecule has 1 amide bonds. The Morgan fingerprint density at radius 2 is 2.12 bits per heavy atom. The van der Waals surface area contributed by atoms with E-state index in [-0.39, 0.29) is 11.9 Å². The number of aromatic nitrogens is 2. The fourth-order valence-electron chi connectivity index (χ4n) is 3.36. The molecule has 1 saturated heterocycles. The number of imidazole rings is 1. The number of carbonyl (C=O) groups excluding carboxylic acids is 1. The first-order valence-corrected chi connectivity index (χ1v) is 8.57. The minimum Gasteiger partial charge on any atom is -0.377 e. The van der Waals surface area contributed by atoms with E-state index in [1.165, 1.54) is 5.39 Å². The van der Waals surface area contributed by atoms with Gasteiger partial charge in [-0.15, -0.1) is 0 Å². The van der Waals surface area contributed by atoms with Gasteiger partial charge in [0.1, 0.15) is 11.9 Å². The first-order chi connectivity index (χ1) is 12.2. The van der Waals surface area contributed by atoms with Crippen molar-refractivity contribution >= 4 is 16.7 Å². The van der Waals surface area contributed by atoms with Crippen LogP contribution in [0.2, 0.25) is 0 Å². The Balaban J connectivity index is 1.55. The predicted octanol–water partition coefficient (Wildman–Crippen LogP) is 3.01. The van der Waals surface area contributed by atoms with Crippen molar-refractivity contribution in [2.45, 2.75) is 19.4 Å². The van der Waals surface area contributed by atoms with Gasteiger partial charge in [0.25, 0.3) is 0 Å². The van der Waals surface area contributed by atoms with Gasteiger partial charge in [0.05, 0.1) is 19.6 Å². The Labute approximate surface area is 146 Å². The van der Waals surface area contributed by atoms with Gasteiger partial charge >= 0.3 is 0 Å². The van der Waals surface area contributed by atoms with E-state index in [9.17, 15) is 4.79 Å². The van der Waals surface area contributed by atoms with Crippen molar-refractivity contribution < 1.29 is 9.53 Å². The van der Waals surface area contributed by atoms with Crippen LogP contribution < -0.4 is 0 Å². The van der Waals surface area contributed by atoms with Gasteiger partial charge < -0.3 is 14.6 Å². The van der Waals surface area contributed by atoms with E-state index in [1.807, 2.05) is 30.0 Å². The maximum absolute atomic E-state index is 12.9. The van der Waals surface area contributed by atoms with Crippen LogP contribution >= 0.6 is 0 Å². The van der Waals surface area contributed by atoms with E-state index in [0.717, 1.165) is 22.5 Å². The molecule has 1 aliphatic rings. The summed E-state index contributed by atoms with van der Waals surface area (Å²) in [6.45, 7) is 3.61. The monoisotopic (exact) mass is 335 g/mol. The summed E-state index contributed by atoms with van der Waals surface area (Å²) in [4.78, 5) is 22.4. The number of amides is 1. The van der Waals surface area contributed by atoms with Crippen molar-refractivity contribution in [1.82, 2.24) is 14.9 Å². The van der Waals surface area contributed by atoms with Gasteiger partial charge in [-0.25, -0.2) is 4.98 Å². The van der Waals surface area contributed by atoms with Crippen LogP contribution in [0, 0.1) is 6.92 Å². The molecule has 0 aliphatic carbocycles. The molecule has 0 bridgehead atoms. The van der Waals surface area contributed by atoms with Crippen molar-refractivity contribution in [3.05, 3.63) is 65.7 Å². The molecule has 1 N–H and O–H groups in total. The van der Waals surface area contributed by atoms with Crippen LogP contribution in [0.4, 0.5) is 0 Å². The average Bonchev–Trinajstić information content (AvgIpc) is 3.08. The number of nitrogens with one attached hydrogen (secondary N) is 1. The third kappa shape index (κ3) is 3.28. The highest BCUT2D eigenvalue weighted by molar-refractivity contribution is 5.85. The number of hydrogen-bond acceptors (Lipinski definition) is 3. The number of hydrogen-bond donors (Lipinski definition) is 1. The molecule has 3 aromatic rings. The molecule has 5 heteroatoms. The van der Waals surface area contributed by atoms with Gasteiger partial charge in [-0.1, -0.05) is 42.5 Å². The van der Waals surface area contributed by atoms with E-state index in [0.29, 0.717) is 26.2 Å². The molecule has 0 saturated carbocycles. The maximum Gasteiger partial charge on any atom is 0.227 e. The summed E-state index contributed by atoms with van der Waals surface area (Å²) in [5.41, 5.74) is 2.02. The number of aryl methyl sites for hydroxylation is 1. The largest absolute Gasteiger partial charge is 0.377 e. The predicted molar refractivity (Wildman–Crippen MR) is 96.2 cm³/mol. The van der Waals surface area contributed by atoms with Crippen molar-refractivity contribution in [3.8, 4) is 0 Å². The van der Waals surface area contributed by atoms with Gasteiger partial charge in [-0.2, -0.15) is 0 Å². The molecular weight excluding hydrogens is 314 g/mol. The van der Waals surface area contributed by atoms with Crippen LogP contribution in [0.1, 0.15) is 23.1 Å². The maximum atomic E-state index is 12.9. The topological polar surface area (TPSA) is 58.2 Å². The highest BCUT2D eigenvalue weighted by Gasteiger charge is 2.30. The zero-order valence-corrected chi connectivity index (χ0v) is 14.2. The summed E-state index contributed by atoms with van der Waals surface area (Å²) in [6, 6.07) is 14.3. The van der Waals surface area contributed by atoms with Crippen LogP contribution in [-0.4, -0.2) is 40.5 Å². The number of ether oxygens (including phenoxy) is 1. The number of H-pyrrole nitrogens is 1. The molecule has 4 rings (SSSR count). The Hall–Kier alpha value is -2.66. The minimum atomic E-state index is -0.143. The van der Waals surface area contributed by atoms with Crippen LogP contribution in [-0.2, 0) is 16.0 Å². The van der Waals surface area contributed by atoms with E-state index in [4.69, 9.17) is 4.74 Å². The van der Waals surface area contributed by atoms with Crippen LogP contribution in [0.5, 0.6) is 0 Å². The lowest BCUT2D eigenvalue weighted by Crippen LogP contribution is -2.44. The number of morpholine rings is 1. The molecule has 1 aliphatic heterocycles. The Morgan fingerprint density at radius 3 is 2.92 bits per heavy atom. The first-order valence-electron chi connectivity index (χ1n) is 8.57. The van der Waals surface area contributed by atoms with Gasteiger partial charge in [0.2, 0.25) is 5.91 Å². The zero-order valence-electron chi connectivity index (χ0n) is 14.2. The average molecular weight is 335 g/mol. The number of benzene rings is 2. The second-order valence-electron chi connectivity index (χ2n) is 6.49. The van der Waals surface area contributed by atoms with Crippen molar-refractivity contribution in [3.63, 3.8) is 0 Å². The summed E-state index contributed by atoms with van der Waals surface area (Å²) in [6.07, 6.45) is 2.18. The lowest BCUT2D eigenvalue weighted by atomic mass is 10.0. The summed E-state index contributed by atoms with van der Waals surface area (Å²) >= 11 is 0. The van der Waals surface area contributed by atoms with Crippen molar-refractivity contribution in [2.24, 2.45) is 0 Å². The molecule has 25 heavy (non-hydrogen) atoms. The summed E-state index contributed by atoms with van der Waals surface area (Å²) in [7, 11) is 0. The molecule has 128 valence electrons. The molecule has 1 unspecified atom stereocenters. The number of carbonyl (C=O) groups is 1. The van der Waals surface area contributed by atoms with Gasteiger partial charge in [-0.05, 0) is 23.3 Å². The summed E-state index contributed by atoms with van der Waals surface area (Å²) in [5.74, 6) is 0.904. The number of aromatic amines is 1. The van der Waals surface area contributed by atoms with Crippen LogP contribution in [0.3, 0.4) is 0 Å². The van der Waals surface area contributed by atoms with Gasteiger partial charge in [0, 0.05) is 18.4 Å². The fraction of sp³-hybridized carbons (Fsp3) is 0.300. The highest BCUT2D eigenvalue weighted by atomic mass is 16.5. The zero-order chi connectivity index (χ0) is 17.2. The van der Waals surface area contributed by atoms with E-state index in [1.54, 1.807) is 6.20 Å². The fourth-order valence-corrected chi connectivity index (χ4v) is 3.36. The van der Waals surface area contributed by atoms with Crippen LogP contribution in [0.15, 0.2) is 48.7 Å². The Kier molecular flexibility index (Phi) is 4.24. The molecule has 2 aromatic carbocycles. The lowest BCUT2D eigenvalue weighted by molar-refractivity contribution is -0.139. The highest BCUT2D eigenvalue weighted by Crippen LogP contribution is 2.23. The van der Waals surface area contributed by atoms with Gasteiger partial charge in [0.15, 0.2) is 0 Å². The quantitative estimate of drug-likeness (QED) is 0.800. The molecule has 1 fully saturated rings. The van der Waals surface area contributed by atoms with Crippen molar-refractivity contribution in [2.75, 3.05) is 19.8 Å². The molecule has 2 heterocycles.